The van der Waals surface area contributed by atoms with Gasteiger partial charge in [0.1, 0.15) is 0 Å². The number of carbonyl (C=O) groups excluding carboxylic acids is 3. The lowest BCUT2D eigenvalue weighted by molar-refractivity contribution is -0.124. The van der Waals surface area contributed by atoms with Gasteiger partial charge in [-0.2, -0.15) is 0 Å². The third-order valence-corrected chi connectivity index (χ3v) is 7.17. The molecule has 2 N–H and O–H groups in total. The first-order valence-corrected chi connectivity index (χ1v) is 12.6. The van der Waals surface area contributed by atoms with Crippen molar-refractivity contribution in [3.8, 4) is 0 Å². The summed E-state index contributed by atoms with van der Waals surface area (Å²) in [6, 6.07) is 13.0. The Morgan fingerprint density at radius 3 is 2.49 bits per heavy atom. The van der Waals surface area contributed by atoms with Crippen LogP contribution in [-0.2, 0) is 9.59 Å². The first kappa shape index (κ1) is 24.9. The van der Waals surface area contributed by atoms with Crippen molar-refractivity contribution < 1.29 is 14.4 Å². The number of aryl methyl sites for hydroxylation is 1. The minimum Gasteiger partial charge on any atom is -0.340 e. The van der Waals surface area contributed by atoms with Crippen LogP contribution in [-0.4, -0.2) is 49.8 Å². The predicted octanol–water partition coefficient (Wildman–Crippen LogP) is 4.28. The van der Waals surface area contributed by atoms with Crippen molar-refractivity contribution in [2.45, 2.75) is 51.5 Å². The van der Waals surface area contributed by atoms with Crippen molar-refractivity contribution in [2.75, 3.05) is 37.4 Å². The first-order chi connectivity index (χ1) is 16.9. The highest BCUT2D eigenvalue weighted by Gasteiger charge is 2.37. The molecule has 7 heteroatoms. The molecule has 7 nitrogen and oxygen atoms in total. The van der Waals surface area contributed by atoms with E-state index in [9.17, 15) is 14.4 Å². The van der Waals surface area contributed by atoms with Crippen LogP contribution in [0.2, 0.25) is 0 Å². The summed E-state index contributed by atoms with van der Waals surface area (Å²) in [6.45, 7) is 3.28. The molecule has 0 radical (unpaired) electrons. The van der Waals surface area contributed by atoms with Gasteiger partial charge in [0.05, 0.1) is 23.8 Å². The molecule has 0 aromatic heterocycles. The van der Waals surface area contributed by atoms with E-state index in [0.717, 1.165) is 43.2 Å². The van der Waals surface area contributed by atoms with E-state index >= 15 is 0 Å². The Labute approximate surface area is 207 Å². The topological polar surface area (TPSA) is 81.8 Å². The summed E-state index contributed by atoms with van der Waals surface area (Å²) >= 11 is 0. The van der Waals surface area contributed by atoms with Gasteiger partial charge in [-0.3, -0.25) is 14.4 Å². The molecule has 2 aliphatic rings. The Balaban J connectivity index is 1.75. The molecule has 1 heterocycles. The lowest BCUT2D eigenvalue weighted by Gasteiger charge is -2.35. The number of amides is 3. The fourth-order valence-corrected chi connectivity index (χ4v) is 5.09. The van der Waals surface area contributed by atoms with E-state index in [-0.39, 0.29) is 30.1 Å². The number of hydrogen-bond donors (Lipinski definition) is 2. The van der Waals surface area contributed by atoms with Gasteiger partial charge in [-0.15, -0.1) is 0 Å². The SMILES string of the molecule is CNCCN(C)C(=O)c1ccc2c(c1)NC(=O)CC(c1ccc(C)cc1)N2C(=O)C1CCCCC1. The number of rotatable bonds is 6. The summed E-state index contributed by atoms with van der Waals surface area (Å²) in [7, 11) is 3.61. The highest BCUT2D eigenvalue weighted by atomic mass is 16.2. The molecular formula is C28H36N4O3. The Kier molecular flexibility index (Phi) is 7.86. The Morgan fingerprint density at radius 1 is 1.09 bits per heavy atom. The van der Waals surface area contributed by atoms with Crippen molar-refractivity contribution in [3.05, 3.63) is 59.2 Å². The maximum absolute atomic E-state index is 14.0. The van der Waals surface area contributed by atoms with Crippen LogP contribution >= 0.6 is 0 Å². The number of carbonyl (C=O) groups is 3. The number of anilines is 2. The first-order valence-electron chi connectivity index (χ1n) is 12.6. The van der Waals surface area contributed by atoms with Crippen molar-refractivity contribution in [1.82, 2.24) is 10.2 Å². The maximum Gasteiger partial charge on any atom is 0.253 e. The van der Waals surface area contributed by atoms with Crippen molar-refractivity contribution in [3.63, 3.8) is 0 Å². The van der Waals surface area contributed by atoms with Crippen molar-refractivity contribution in [1.29, 1.82) is 0 Å². The standard InChI is InChI=1S/C28H36N4O3/c1-19-9-11-20(12-10-19)25-18-26(33)30-23-17-22(27(34)31(3)16-15-29-2)13-14-24(23)32(25)28(35)21-7-5-4-6-8-21/h9-14,17,21,25,29H,4-8,15-16,18H2,1-3H3,(H,30,33). The van der Waals surface area contributed by atoms with Crippen LogP contribution in [0.25, 0.3) is 0 Å². The minimum absolute atomic E-state index is 0.0493. The highest BCUT2D eigenvalue weighted by Crippen LogP contribution is 2.41. The second-order valence-corrected chi connectivity index (χ2v) is 9.78. The van der Waals surface area contributed by atoms with Crippen LogP contribution < -0.4 is 15.5 Å². The quantitative estimate of drug-likeness (QED) is 0.652. The van der Waals surface area contributed by atoms with Crippen molar-refractivity contribution in [2.24, 2.45) is 5.92 Å². The van der Waals surface area contributed by atoms with Crippen LogP contribution in [0.1, 0.15) is 66.1 Å². The lowest BCUT2D eigenvalue weighted by Crippen LogP contribution is -2.40. The molecule has 4 rings (SSSR count). The molecule has 2 aromatic carbocycles. The summed E-state index contributed by atoms with van der Waals surface area (Å²) in [6.07, 6.45) is 5.18. The molecule has 0 bridgehead atoms. The third kappa shape index (κ3) is 5.56. The predicted molar refractivity (Wildman–Crippen MR) is 139 cm³/mol. The van der Waals surface area contributed by atoms with E-state index in [1.165, 1.54) is 0 Å². The van der Waals surface area contributed by atoms with Gasteiger partial charge in [0.25, 0.3) is 5.91 Å². The zero-order chi connectivity index (χ0) is 24.9. The monoisotopic (exact) mass is 476 g/mol. The average molecular weight is 477 g/mol. The molecule has 1 saturated carbocycles. The van der Waals surface area contributed by atoms with Gasteiger partial charge >= 0.3 is 0 Å². The summed E-state index contributed by atoms with van der Waals surface area (Å²) in [5.41, 5.74) is 3.73. The van der Waals surface area contributed by atoms with Gasteiger partial charge in [0, 0.05) is 31.6 Å². The van der Waals surface area contributed by atoms with Crippen molar-refractivity contribution >= 4 is 29.1 Å². The number of hydrogen-bond acceptors (Lipinski definition) is 4. The molecule has 1 aliphatic heterocycles. The van der Waals surface area contributed by atoms with Gasteiger partial charge in [-0.25, -0.2) is 0 Å². The molecule has 35 heavy (non-hydrogen) atoms. The Bertz CT molecular complexity index is 1080. The lowest BCUT2D eigenvalue weighted by atomic mass is 9.87. The van der Waals surface area contributed by atoms with E-state index < -0.39 is 6.04 Å². The Morgan fingerprint density at radius 2 is 1.80 bits per heavy atom. The Hall–Kier alpha value is -3.19. The molecule has 3 amide bonds. The summed E-state index contributed by atoms with van der Waals surface area (Å²) in [5.74, 6) is -0.268. The van der Waals surface area contributed by atoms with Gasteiger partial charge in [-0.1, -0.05) is 49.1 Å². The fourth-order valence-electron chi connectivity index (χ4n) is 5.09. The minimum atomic E-state index is -0.397. The number of likely N-dealkylation sites (N-methyl/N-ethyl adjacent to an activating group) is 2. The number of benzene rings is 2. The molecule has 1 unspecified atom stereocenters. The van der Waals surface area contributed by atoms with E-state index in [2.05, 4.69) is 10.6 Å². The van der Waals surface area contributed by atoms with Crippen LogP contribution in [0, 0.1) is 12.8 Å². The molecule has 0 saturated heterocycles. The summed E-state index contributed by atoms with van der Waals surface area (Å²) < 4.78 is 0. The van der Waals surface area contributed by atoms with E-state index in [1.54, 1.807) is 24.1 Å². The molecule has 0 spiro atoms. The maximum atomic E-state index is 14.0. The second-order valence-electron chi connectivity index (χ2n) is 9.78. The molecule has 2 aromatic rings. The van der Waals surface area contributed by atoms with Crippen LogP contribution in [0.3, 0.4) is 0 Å². The largest absolute Gasteiger partial charge is 0.340 e. The van der Waals surface area contributed by atoms with E-state index in [4.69, 9.17) is 0 Å². The second kappa shape index (κ2) is 11.0. The molecule has 1 aliphatic carbocycles. The van der Waals surface area contributed by atoms with Crippen LogP contribution in [0.5, 0.6) is 0 Å². The molecular weight excluding hydrogens is 440 g/mol. The smallest absolute Gasteiger partial charge is 0.253 e. The average Bonchev–Trinajstić information content (AvgIpc) is 3.02. The van der Waals surface area contributed by atoms with Crippen LogP contribution in [0.4, 0.5) is 11.4 Å². The number of fused-ring (bicyclic) bond motifs is 1. The van der Waals surface area contributed by atoms with E-state index in [1.807, 2.05) is 49.2 Å². The number of nitrogens with zero attached hydrogens (tertiary/aromatic N) is 2. The van der Waals surface area contributed by atoms with Gasteiger partial charge in [0.15, 0.2) is 0 Å². The number of nitrogens with one attached hydrogen (secondary N) is 2. The third-order valence-electron chi connectivity index (χ3n) is 7.17. The zero-order valence-corrected chi connectivity index (χ0v) is 21.0. The van der Waals surface area contributed by atoms with Crippen LogP contribution in [0.15, 0.2) is 42.5 Å². The molecule has 1 fully saturated rings. The fraction of sp³-hybridized carbons (Fsp3) is 0.464. The van der Waals surface area contributed by atoms with Gasteiger partial charge in [0.2, 0.25) is 11.8 Å². The van der Waals surface area contributed by atoms with E-state index in [0.29, 0.717) is 30.0 Å². The highest BCUT2D eigenvalue weighted by molar-refractivity contribution is 6.07. The zero-order valence-electron chi connectivity index (χ0n) is 21.0. The molecule has 1 atom stereocenters. The summed E-state index contributed by atoms with van der Waals surface area (Å²) in [5, 5.41) is 6.03. The normalized spacial score (nSPS) is 18.4. The molecule has 186 valence electrons. The summed E-state index contributed by atoms with van der Waals surface area (Å²) in [4.78, 5) is 43.5. The van der Waals surface area contributed by atoms with Gasteiger partial charge in [-0.05, 0) is 50.6 Å². The van der Waals surface area contributed by atoms with Gasteiger partial charge < -0.3 is 20.4 Å².